The molecule has 0 N–H and O–H groups in total. The van der Waals surface area contributed by atoms with E-state index in [1.807, 2.05) is 0 Å². The Bertz CT molecular complexity index is 6650. The van der Waals surface area contributed by atoms with E-state index in [-0.39, 0.29) is 113 Å². The molecule has 0 saturated carbocycles. The van der Waals surface area contributed by atoms with Gasteiger partial charge < -0.3 is 39.2 Å². The Balaban J connectivity index is 0.000000187. The molecule has 16 aromatic rings. The summed E-state index contributed by atoms with van der Waals surface area (Å²) in [4.78, 5) is 18.3. The molecule has 22 rings (SSSR count). The molecule has 4 heterocycles. The van der Waals surface area contributed by atoms with Gasteiger partial charge in [0.25, 0.3) is 0 Å². The molecule has 0 fully saturated rings. The van der Waals surface area contributed by atoms with Crippen molar-refractivity contribution in [2.45, 2.75) is 132 Å². The summed E-state index contributed by atoms with van der Waals surface area (Å²) in [5.41, 5.74) is 42.4. The van der Waals surface area contributed by atoms with Crippen LogP contribution in [-0.2, 0) is 102 Å². The summed E-state index contributed by atoms with van der Waals surface area (Å²) in [6.45, 7) is 46.7. The van der Waals surface area contributed by atoms with Gasteiger partial charge in [0.15, 0.2) is 0 Å². The number of hydrogen-bond donors (Lipinski definition) is 0. The molecule has 0 aromatic heterocycles. The molecule has 0 bridgehead atoms. The number of nitrogens with zero attached hydrogens (tertiary/aromatic N) is 8. The molecule has 16 aromatic carbocycles. The average Bonchev–Trinajstić information content (AvgIpc) is 1.53. The molecule has 134 heavy (non-hydrogen) atoms. The predicted octanol–water partition coefficient (Wildman–Crippen LogP) is 32.6. The van der Waals surface area contributed by atoms with E-state index in [4.69, 9.17) is 0 Å². The summed E-state index contributed by atoms with van der Waals surface area (Å²) in [6, 6.07) is 138. The minimum Gasteiger partial charge on any atom is -0.493 e. The van der Waals surface area contributed by atoms with Gasteiger partial charge in [-0.15, -0.1) is 95.9 Å². The van der Waals surface area contributed by atoms with Crippen LogP contribution < -0.4 is 39.2 Å². The average molecular weight is 2460 g/mol. The van der Waals surface area contributed by atoms with Crippen molar-refractivity contribution in [3.8, 4) is 66.8 Å². The maximum Gasteiger partial charge on any atom is 0.0347 e. The van der Waals surface area contributed by atoms with Crippen molar-refractivity contribution in [3.63, 3.8) is 0 Å². The number of rotatable bonds is 14. The van der Waals surface area contributed by atoms with Gasteiger partial charge in [0.05, 0.1) is 0 Å². The van der Waals surface area contributed by atoms with Crippen LogP contribution in [0.1, 0.15) is 128 Å². The van der Waals surface area contributed by atoms with Crippen molar-refractivity contribution in [1.29, 1.82) is 0 Å². The molecule has 0 atom stereocenters. The molecule has 680 valence electrons. The normalized spacial score (nSPS) is 15.9. The molecule has 0 saturated heterocycles. The largest absolute Gasteiger partial charge is 0.493 e. The number of anilines is 16. The molecule has 2 aliphatic carbocycles. The number of aryl methyl sites for hydroxylation is 4. The predicted molar refractivity (Wildman–Crippen MR) is 545 cm³/mol. The molecule has 8 nitrogen and oxygen atoms in total. The summed E-state index contributed by atoms with van der Waals surface area (Å²) in [5.74, 6) is 0. The number of hydrogen-bond acceptors (Lipinski definition) is 8. The SMILES string of the molecule is Cc1cc(C)cc(-c2c(-c3c[c-]c(N4[CH-]N(c5ccccc5)c5cc6c(cc54)C(C)(C)C(C)(C)C6(C)C)cc3)cccc2-c2c[c-]c(N3[CH-]N(c4ccccc4)c4cc5c(cc43)C(C)(C)C(C)(C)C5(C)C)cc2)c1.Cc1cc(C)cc(-c2c(-c3c[c-]c(N4[CH-]N(c5ccccc5)c5ccccc54)cc3)cccc2-c2c[c-]c(N3[CH-]N(c4ccccc4)c4ccccc43)cc2)c1.[Ir].[Ir].[Ir].[Ir]. The molecule has 6 aliphatic rings. The van der Waals surface area contributed by atoms with Crippen LogP contribution in [0.15, 0.2) is 340 Å². The third-order valence-electron chi connectivity index (χ3n) is 30.7. The van der Waals surface area contributed by atoms with Crippen LogP contribution in [0.5, 0.6) is 0 Å². The van der Waals surface area contributed by atoms with Gasteiger partial charge in [-0.3, -0.25) is 0 Å². The van der Waals surface area contributed by atoms with Crippen molar-refractivity contribution in [3.05, 3.63) is 435 Å². The Morgan fingerprint density at radius 3 is 0.642 bits per heavy atom. The number of para-hydroxylation sites is 8. The van der Waals surface area contributed by atoms with Crippen LogP contribution in [0, 0.1) is 89.5 Å². The first kappa shape index (κ1) is 94.3. The van der Waals surface area contributed by atoms with E-state index >= 15 is 0 Å². The van der Waals surface area contributed by atoms with E-state index in [1.165, 1.54) is 101 Å². The minimum absolute atomic E-state index is 0. The van der Waals surface area contributed by atoms with Crippen LogP contribution in [-0.4, -0.2) is 0 Å². The first-order chi connectivity index (χ1) is 62.6. The fraction of sp³-hybridized carbons (Fsp3) is 0.180. The Labute approximate surface area is 848 Å². The Hall–Kier alpha value is -11.5. The zero-order chi connectivity index (χ0) is 89.7. The summed E-state index contributed by atoms with van der Waals surface area (Å²) in [5, 5.41) is 0. The van der Waals surface area contributed by atoms with Crippen molar-refractivity contribution < 1.29 is 80.4 Å². The molecular formula is C122H108Ir4N8-8. The van der Waals surface area contributed by atoms with Crippen molar-refractivity contribution >= 4 is 91.0 Å². The molecule has 4 aliphatic heterocycles. The van der Waals surface area contributed by atoms with Crippen molar-refractivity contribution in [1.82, 2.24) is 0 Å². The molecule has 0 amide bonds. The summed E-state index contributed by atoms with van der Waals surface area (Å²) >= 11 is 0. The first-order valence-corrected chi connectivity index (χ1v) is 45.7. The maximum absolute atomic E-state index is 3.81. The van der Waals surface area contributed by atoms with Crippen LogP contribution in [0.2, 0.25) is 0 Å². The maximum atomic E-state index is 3.81. The molecule has 12 heteroatoms. The topological polar surface area (TPSA) is 25.9 Å². The second-order valence-corrected chi connectivity index (χ2v) is 39.3. The Kier molecular flexibility index (Phi) is 25.5. The zero-order valence-corrected chi connectivity index (χ0v) is 88.1. The van der Waals surface area contributed by atoms with Crippen LogP contribution in [0.3, 0.4) is 0 Å². The summed E-state index contributed by atoms with van der Waals surface area (Å²) in [6.07, 6.45) is 0. The van der Waals surface area contributed by atoms with Gasteiger partial charge in [0.1, 0.15) is 0 Å². The number of fused-ring (bicyclic) bond motifs is 6. The van der Waals surface area contributed by atoms with Crippen molar-refractivity contribution in [2.24, 2.45) is 10.8 Å². The van der Waals surface area contributed by atoms with Gasteiger partial charge in [0, 0.05) is 149 Å². The fourth-order valence-electron chi connectivity index (χ4n) is 21.4. The smallest absolute Gasteiger partial charge is 0.0347 e. The molecule has 4 radical (unpaired) electrons. The third kappa shape index (κ3) is 15.8. The fourth-order valence-corrected chi connectivity index (χ4v) is 21.4. The summed E-state index contributed by atoms with van der Waals surface area (Å²) < 4.78 is 0. The Morgan fingerprint density at radius 2 is 0.410 bits per heavy atom. The van der Waals surface area contributed by atoms with E-state index in [9.17, 15) is 0 Å². The quantitative estimate of drug-likeness (QED) is 0.0994. The van der Waals surface area contributed by atoms with Crippen LogP contribution >= 0.6 is 0 Å². The van der Waals surface area contributed by atoms with Gasteiger partial charge in [-0.25, -0.2) is 0 Å². The van der Waals surface area contributed by atoms with Gasteiger partial charge in [-0.05, 0) is 202 Å². The molecule has 0 spiro atoms. The minimum atomic E-state index is -0.0255. The van der Waals surface area contributed by atoms with E-state index in [1.54, 1.807) is 0 Å². The number of benzene rings is 16. The van der Waals surface area contributed by atoms with E-state index in [0.717, 1.165) is 102 Å². The third-order valence-corrected chi connectivity index (χ3v) is 30.7. The van der Waals surface area contributed by atoms with Gasteiger partial charge in [-0.1, -0.05) is 297 Å². The molecule has 0 unspecified atom stereocenters. The van der Waals surface area contributed by atoms with Gasteiger partial charge in [-0.2, -0.15) is 72.8 Å². The second kappa shape index (κ2) is 36.3. The van der Waals surface area contributed by atoms with Crippen molar-refractivity contribution in [2.75, 3.05) is 39.2 Å². The van der Waals surface area contributed by atoms with E-state index in [2.05, 4.69) is 541 Å². The van der Waals surface area contributed by atoms with Gasteiger partial charge in [0.2, 0.25) is 0 Å². The molecular weight excluding hydrogens is 2350 g/mol. The standard InChI is InChI=1S/C70H70N4.C52H38N4.4Ir/c1-45-36-46(2)38-49(37-45)64-54(47-28-32-52(33-29-47)73-43-71(50-22-17-15-18-23-50)60-39-56-58(41-62(60)73)67(7,8)69(11,12)65(56,3)4)26-21-27-55(64)48-30-34-53(35-31-48)74-44-72(51-24-19-16-20-25-51)61-40-57-59(42-63(61)74)68(9,10)70(13,14)66(57,5)6;1-37-32-38(2)34-41(33-37)52-46(39-24-28-44(29-25-39)55-35-53(42-14-5-3-6-15-42)48-20-9-11-22-50(48)55)18-13-19-47(52)40-26-30-45(31-27-40)56-36-54(43-16-7-4-8-17-43)49-21-10-12-23-51(49)56;;;;/h15-32,34,36-44H,1-14H3;3-28,30,32-36H,1-2H3;;;;/q2*-4;;;;. The zero-order valence-electron chi connectivity index (χ0n) is 78.6. The second-order valence-electron chi connectivity index (χ2n) is 39.3. The first-order valence-electron chi connectivity index (χ1n) is 45.7. The monoisotopic (exact) mass is 2460 g/mol. The van der Waals surface area contributed by atoms with E-state index in [0.29, 0.717) is 0 Å². The van der Waals surface area contributed by atoms with Gasteiger partial charge >= 0.3 is 0 Å². The summed E-state index contributed by atoms with van der Waals surface area (Å²) in [7, 11) is 0. The van der Waals surface area contributed by atoms with E-state index < -0.39 is 0 Å². The van der Waals surface area contributed by atoms with Crippen LogP contribution in [0.4, 0.5) is 91.0 Å². The Morgan fingerprint density at radius 1 is 0.201 bits per heavy atom. The van der Waals surface area contributed by atoms with Crippen LogP contribution in [0.25, 0.3) is 66.8 Å².